The second kappa shape index (κ2) is 9.34. The van der Waals surface area contributed by atoms with E-state index in [0.29, 0.717) is 27.5 Å². The number of hydrogen-bond acceptors (Lipinski definition) is 5. The molecule has 0 aliphatic heterocycles. The molecule has 1 aromatic carbocycles. The number of fused-ring (bicyclic) bond motifs is 1. The quantitative estimate of drug-likeness (QED) is 0.570. The first-order valence-corrected chi connectivity index (χ1v) is 11.1. The zero-order valence-corrected chi connectivity index (χ0v) is 17.4. The van der Waals surface area contributed by atoms with Crippen LogP contribution in [-0.2, 0) is 10.5 Å². The van der Waals surface area contributed by atoms with E-state index in [1.165, 1.54) is 35.2 Å². The number of aromatic amines is 1. The number of aromatic nitrogens is 2. The van der Waals surface area contributed by atoms with Crippen molar-refractivity contribution in [1.82, 2.24) is 15.3 Å². The van der Waals surface area contributed by atoms with E-state index >= 15 is 0 Å². The summed E-state index contributed by atoms with van der Waals surface area (Å²) in [7, 11) is 0. The summed E-state index contributed by atoms with van der Waals surface area (Å²) < 4.78 is 13.1. The van der Waals surface area contributed by atoms with Crippen LogP contribution >= 0.6 is 23.1 Å². The van der Waals surface area contributed by atoms with Gasteiger partial charge in [0.25, 0.3) is 5.56 Å². The summed E-state index contributed by atoms with van der Waals surface area (Å²) >= 11 is 2.80. The van der Waals surface area contributed by atoms with Gasteiger partial charge in [0.1, 0.15) is 16.5 Å². The predicted octanol–water partition coefficient (Wildman–Crippen LogP) is 4.33. The van der Waals surface area contributed by atoms with Crippen molar-refractivity contribution in [2.45, 2.75) is 38.5 Å². The molecule has 1 atom stereocenters. The lowest BCUT2D eigenvalue weighted by Crippen LogP contribution is -2.33. The number of halogens is 1. The highest BCUT2D eigenvalue weighted by molar-refractivity contribution is 7.99. The molecule has 0 fully saturated rings. The lowest BCUT2D eigenvalue weighted by atomic mass is 10.1. The molecule has 0 aliphatic rings. The SMILES string of the molecule is CCC[C@H](C)NC(=O)CSCc1nc2scc(-c3ccc(F)cc3)c2c(=O)[nH]1. The molecule has 0 aliphatic carbocycles. The summed E-state index contributed by atoms with van der Waals surface area (Å²) in [6, 6.07) is 6.22. The fourth-order valence-electron chi connectivity index (χ4n) is 2.97. The number of amides is 1. The van der Waals surface area contributed by atoms with E-state index in [0.717, 1.165) is 24.0 Å². The van der Waals surface area contributed by atoms with Crippen LogP contribution in [0.5, 0.6) is 0 Å². The zero-order valence-electron chi connectivity index (χ0n) is 15.8. The van der Waals surface area contributed by atoms with Gasteiger partial charge in [-0.25, -0.2) is 9.37 Å². The predicted molar refractivity (Wildman–Crippen MR) is 114 cm³/mol. The average Bonchev–Trinajstić information content (AvgIpc) is 3.07. The van der Waals surface area contributed by atoms with E-state index in [2.05, 4.69) is 22.2 Å². The van der Waals surface area contributed by atoms with Crippen molar-refractivity contribution in [3.63, 3.8) is 0 Å². The number of H-pyrrole nitrogens is 1. The van der Waals surface area contributed by atoms with Gasteiger partial charge in [-0.15, -0.1) is 23.1 Å². The molecule has 0 bridgehead atoms. The number of thioether (sulfide) groups is 1. The Bertz CT molecular complexity index is 1010. The van der Waals surface area contributed by atoms with E-state index in [4.69, 9.17) is 0 Å². The Kier molecular flexibility index (Phi) is 6.85. The third-order valence-electron chi connectivity index (χ3n) is 4.25. The maximum atomic E-state index is 13.1. The topological polar surface area (TPSA) is 74.8 Å². The van der Waals surface area contributed by atoms with Crippen LogP contribution in [-0.4, -0.2) is 27.7 Å². The molecule has 0 spiro atoms. The van der Waals surface area contributed by atoms with Crippen LogP contribution in [0.3, 0.4) is 0 Å². The van der Waals surface area contributed by atoms with E-state index in [1.54, 1.807) is 12.1 Å². The minimum Gasteiger partial charge on any atom is -0.353 e. The van der Waals surface area contributed by atoms with Crippen molar-refractivity contribution >= 4 is 39.2 Å². The molecule has 2 heterocycles. The smallest absolute Gasteiger partial charge is 0.260 e. The first kappa shape index (κ1) is 20.5. The Morgan fingerprint density at radius 2 is 2.11 bits per heavy atom. The first-order valence-electron chi connectivity index (χ1n) is 9.11. The monoisotopic (exact) mass is 419 g/mol. The molecule has 2 aromatic heterocycles. The zero-order chi connectivity index (χ0) is 20.1. The van der Waals surface area contributed by atoms with Crippen LogP contribution in [0, 0.1) is 5.82 Å². The number of hydrogen-bond donors (Lipinski definition) is 2. The van der Waals surface area contributed by atoms with Crippen LogP contribution in [0.15, 0.2) is 34.4 Å². The Hall–Kier alpha value is -2.19. The molecule has 0 unspecified atom stereocenters. The van der Waals surface area contributed by atoms with Gasteiger partial charge >= 0.3 is 0 Å². The molecule has 5 nitrogen and oxygen atoms in total. The number of nitrogens with one attached hydrogen (secondary N) is 2. The molecule has 3 rings (SSSR count). The molecule has 0 saturated carbocycles. The summed E-state index contributed by atoms with van der Waals surface area (Å²) in [4.78, 5) is 32.5. The fourth-order valence-corrected chi connectivity index (χ4v) is 4.63. The van der Waals surface area contributed by atoms with Crippen molar-refractivity contribution in [1.29, 1.82) is 0 Å². The third-order valence-corrected chi connectivity index (χ3v) is 6.07. The van der Waals surface area contributed by atoms with Gasteiger partial charge in [0.2, 0.25) is 5.91 Å². The van der Waals surface area contributed by atoms with Gasteiger partial charge in [-0.3, -0.25) is 9.59 Å². The molecular formula is C20H22FN3O2S2. The molecule has 0 radical (unpaired) electrons. The van der Waals surface area contributed by atoms with E-state index in [1.807, 2.05) is 12.3 Å². The summed E-state index contributed by atoms with van der Waals surface area (Å²) in [5.41, 5.74) is 1.30. The Morgan fingerprint density at radius 3 is 2.82 bits per heavy atom. The van der Waals surface area contributed by atoms with Gasteiger partial charge in [-0.05, 0) is 31.0 Å². The third kappa shape index (κ3) is 4.99. The maximum Gasteiger partial charge on any atom is 0.260 e. The van der Waals surface area contributed by atoms with Gasteiger partial charge in [0.05, 0.1) is 16.9 Å². The van der Waals surface area contributed by atoms with Crippen molar-refractivity contribution < 1.29 is 9.18 Å². The number of nitrogens with zero attached hydrogens (tertiary/aromatic N) is 1. The van der Waals surface area contributed by atoms with E-state index in [9.17, 15) is 14.0 Å². The van der Waals surface area contributed by atoms with Crippen LogP contribution in [0.4, 0.5) is 4.39 Å². The Balaban J connectivity index is 1.69. The molecule has 3 aromatic rings. The van der Waals surface area contributed by atoms with Gasteiger partial charge < -0.3 is 10.3 Å². The number of benzene rings is 1. The summed E-state index contributed by atoms with van der Waals surface area (Å²) in [5.74, 6) is 0.988. The maximum absolute atomic E-state index is 13.1. The molecule has 0 saturated heterocycles. The highest BCUT2D eigenvalue weighted by Gasteiger charge is 2.14. The van der Waals surface area contributed by atoms with Crippen molar-refractivity contribution in [2.24, 2.45) is 0 Å². The number of thiophene rings is 1. The van der Waals surface area contributed by atoms with Crippen molar-refractivity contribution in [3.05, 3.63) is 51.6 Å². The molecule has 2 N–H and O–H groups in total. The first-order chi connectivity index (χ1) is 13.5. The minimum absolute atomic E-state index is 0.0101. The Labute approximate surface area is 170 Å². The summed E-state index contributed by atoms with van der Waals surface area (Å²) in [6.45, 7) is 4.08. The standard InChI is InChI=1S/C20H22FN3O2S2/c1-3-4-12(2)22-17(25)11-27-10-16-23-19(26)18-15(9-28-20(18)24-16)13-5-7-14(21)8-6-13/h5-9,12H,3-4,10-11H2,1-2H3,(H,22,25)(H,23,24,26)/t12-/m0/s1. The molecule has 148 valence electrons. The van der Waals surface area contributed by atoms with E-state index < -0.39 is 0 Å². The van der Waals surface area contributed by atoms with Gasteiger partial charge in [-0.2, -0.15) is 0 Å². The average molecular weight is 420 g/mol. The van der Waals surface area contributed by atoms with Crippen molar-refractivity contribution in [3.8, 4) is 11.1 Å². The van der Waals surface area contributed by atoms with Crippen LogP contribution in [0.1, 0.15) is 32.5 Å². The highest BCUT2D eigenvalue weighted by atomic mass is 32.2. The second-order valence-electron chi connectivity index (χ2n) is 6.60. The van der Waals surface area contributed by atoms with Gasteiger partial charge in [0.15, 0.2) is 0 Å². The summed E-state index contributed by atoms with van der Waals surface area (Å²) in [5, 5.41) is 5.33. The normalized spacial score (nSPS) is 12.2. The van der Waals surface area contributed by atoms with Gasteiger partial charge in [-0.1, -0.05) is 25.5 Å². The molecule has 8 heteroatoms. The van der Waals surface area contributed by atoms with Gasteiger partial charge in [0, 0.05) is 17.0 Å². The second-order valence-corrected chi connectivity index (χ2v) is 8.44. The van der Waals surface area contributed by atoms with Crippen LogP contribution in [0.25, 0.3) is 21.3 Å². The Morgan fingerprint density at radius 1 is 1.36 bits per heavy atom. The minimum atomic E-state index is -0.317. The lowest BCUT2D eigenvalue weighted by Gasteiger charge is -2.12. The number of carbonyl (C=O) groups excluding carboxylic acids is 1. The fraction of sp³-hybridized carbons (Fsp3) is 0.350. The number of rotatable bonds is 8. The largest absolute Gasteiger partial charge is 0.353 e. The van der Waals surface area contributed by atoms with Crippen LogP contribution in [0.2, 0.25) is 0 Å². The molecule has 28 heavy (non-hydrogen) atoms. The molecule has 1 amide bonds. The van der Waals surface area contributed by atoms with Crippen LogP contribution < -0.4 is 10.9 Å². The summed E-state index contributed by atoms with van der Waals surface area (Å²) in [6.07, 6.45) is 1.98. The van der Waals surface area contributed by atoms with Crippen molar-refractivity contribution in [2.75, 3.05) is 5.75 Å². The molecular weight excluding hydrogens is 397 g/mol. The van der Waals surface area contributed by atoms with E-state index in [-0.39, 0.29) is 23.3 Å². The number of carbonyl (C=O) groups is 1. The lowest BCUT2D eigenvalue weighted by molar-refractivity contribution is -0.119. The highest BCUT2D eigenvalue weighted by Crippen LogP contribution is 2.31.